The predicted octanol–water partition coefficient (Wildman–Crippen LogP) is 2.19. The van der Waals surface area contributed by atoms with Gasteiger partial charge < -0.3 is 5.32 Å². The molecule has 0 aliphatic rings. The first kappa shape index (κ1) is 10.2. The highest BCUT2D eigenvalue weighted by Crippen LogP contribution is 2.09. The van der Waals surface area contributed by atoms with Crippen LogP contribution in [0.1, 0.15) is 5.69 Å². The molecule has 0 fully saturated rings. The molecule has 0 saturated heterocycles. The number of nitrogens with one attached hydrogen (secondary N) is 1. The van der Waals surface area contributed by atoms with Crippen LogP contribution in [0.5, 0.6) is 0 Å². The highest BCUT2D eigenvalue weighted by Gasteiger charge is 1.97. The number of aryl methyl sites for hydroxylation is 1. The van der Waals surface area contributed by atoms with Crippen molar-refractivity contribution in [3.05, 3.63) is 40.9 Å². The number of aromatic nitrogens is 3. The van der Waals surface area contributed by atoms with Gasteiger partial charge >= 0.3 is 0 Å². The lowest BCUT2D eigenvalue weighted by molar-refractivity contribution is 0.768. The van der Waals surface area contributed by atoms with E-state index < -0.39 is 0 Å². The summed E-state index contributed by atoms with van der Waals surface area (Å²) in [5, 5.41) is 7.31. The van der Waals surface area contributed by atoms with Crippen LogP contribution in [-0.2, 0) is 13.6 Å². The summed E-state index contributed by atoms with van der Waals surface area (Å²) in [5.74, 6) is 0. The molecule has 0 spiro atoms. The van der Waals surface area contributed by atoms with Crippen molar-refractivity contribution in [1.82, 2.24) is 14.8 Å². The van der Waals surface area contributed by atoms with Gasteiger partial charge in [-0.1, -0.05) is 6.07 Å². The molecule has 0 amide bonds. The molecule has 0 atom stereocenters. The molecule has 0 aromatic carbocycles. The minimum atomic E-state index is 0.700. The van der Waals surface area contributed by atoms with Crippen molar-refractivity contribution in [2.45, 2.75) is 6.54 Å². The zero-order valence-electron chi connectivity index (χ0n) is 8.31. The van der Waals surface area contributed by atoms with E-state index in [0.717, 1.165) is 16.0 Å². The first-order chi connectivity index (χ1) is 7.24. The molecule has 15 heavy (non-hydrogen) atoms. The third-order valence-corrected chi connectivity index (χ3v) is 2.39. The Labute approximate surface area is 96.5 Å². The van der Waals surface area contributed by atoms with E-state index in [1.807, 2.05) is 31.4 Å². The highest BCUT2D eigenvalue weighted by molar-refractivity contribution is 9.10. The normalized spacial score (nSPS) is 10.3. The fourth-order valence-electron chi connectivity index (χ4n) is 1.25. The molecule has 2 heterocycles. The van der Waals surface area contributed by atoms with Gasteiger partial charge in [-0.3, -0.25) is 4.68 Å². The predicted molar refractivity (Wildman–Crippen MR) is 62.5 cm³/mol. The molecule has 0 unspecified atom stereocenters. The topological polar surface area (TPSA) is 42.7 Å². The fraction of sp³-hybridized carbons (Fsp3) is 0.200. The average Bonchev–Trinajstić information content (AvgIpc) is 2.62. The van der Waals surface area contributed by atoms with Gasteiger partial charge in [-0.05, 0) is 28.1 Å². The summed E-state index contributed by atoms with van der Waals surface area (Å²) in [6.07, 6.45) is 3.72. The van der Waals surface area contributed by atoms with Crippen molar-refractivity contribution in [2.75, 3.05) is 5.32 Å². The average molecular weight is 267 g/mol. The maximum atomic E-state index is 4.32. The van der Waals surface area contributed by atoms with Gasteiger partial charge in [0.25, 0.3) is 0 Å². The summed E-state index contributed by atoms with van der Waals surface area (Å²) in [4.78, 5) is 4.32. The van der Waals surface area contributed by atoms with Crippen molar-refractivity contribution in [3.63, 3.8) is 0 Å². The Morgan fingerprint density at radius 1 is 1.47 bits per heavy atom. The number of rotatable bonds is 3. The van der Waals surface area contributed by atoms with Crippen molar-refractivity contribution >= 4 is 21.6 Å². The summed E-state index contributed by atoms with van der Waals surface area (Å²) in [7, 11) is 1.89. The van der Waals surface area contributed by atoms with Crippen molar-refractivity contribution in [2.24, 2.45) is 7.05 Å². The molecule has 0 saturated carbocycles. The molecular formula is C10H11BrN4. The van der Waals surface area contributed by atoms with Crippen LogP contribution in [0.4, 0.5) is 5.69 Å². The molecule has 5 heteroatoms. The van der Waals surface area contributed by atoms with Gasteiger partial charge in [0.1, 0.15) is 4.60 Å². The number of hydrogen-bond donors (Lipinski definition) is 1. The van der Waals surface area contributed by atoms with Gasteiger partial charge in [-0.2, -0.15) is 5.10 Å². The Bertz CT molecular complexity index is 452. The van der Waals surface area contributed by atoms with E-state index in [0.29, 0.717) is 6.54 Å². The Balaban J connectivity index is 1.99. The zero-order chi connectivity index (χ0) is 10.7. The zero-order valence-corrected chi connectivity index (χ0v) is 9.90. The molecule has 4 nitrogen and oxygen atoms in total. The summed E-state index contributed by atoms with van der Waals surface area (Å²) in [6, 6.07) is 5.86. The third-order valence-electron chi connectivity index (χ3n) is 1.95. The number of halogens is 1. The number of hydrogen-bond acceptors (Lipinski definition) is 3. The fourth-order valence-corrected chi connectivity index (χ4v) is 1.63. The minimum absolute atomic E-state index is 0.700. The summed E-state index contributed by atoms with van der Waals surface area (Å²) < 4.78 is 2.62. The van der Waals surface area contributed by atoms with Crippen LogP contribution in [0, 0.1) is 0 Å². The molecule has 2 aromatic heterocycles. The molecule has 78 valence electrons. The maximum Gasteiger partial charge on any atom is 0.106 e. The minimum Gasteiger partial charge on any atom is -0.377 e. The van der Waals surface area contributed by atoms with Crippen molar-refractivity contribution < 1.29 is 0 Å². The molecule has 0 aliphatic heterocycles. The first-order valence-corrected chi connectivity index (χ1v) is 5.37. The van der Waals surface area contributed by atoms with Crippen LogP contribution in [-0.4, -0.2) is 14.8 Å². The lowest BCUT2D eigenvalue weighted by atomic mass is 10.3. The Hall–Kier alpha value is -1.36. The van der Waals surface area contributed by atoms with Crippen LogP contribution < -0.4 is 5.32 Å². The number of nitrogens with zero attached hydrogens (tertiary/aromatic N) is 3. The summed E-state index contributed by atoms with van der Waals surface area (Å²) >= 11 is 3.34. The molecular weight excluding hydrogens is 256 g/mol. The standard InChI is InChI=1S/C10H11BrN4/c1-15-7-9(6-13-15)12-5-8-3-2-4-10(11)14-8/h2-4,6-7,12H,5H2,1H3. The van der Waals surface area contributed by atoms with E-state index >= 15 is 0 Å². The summed E-state index contributed by atoms with van der Waals surface area (Å²) in [5.41, 5.74) is 1.99. The second-order valence-corrected chi connectivity index (χ2v) is 4.02. The van der Waals surface area contributed by atoms with Gasteiger partial charge in [0.15, 0.2) is 0 Å². The van der Waals surface area contributed by atoms with E-state index in [9.17, 15) is 0 Å². The van der Waals surface area contributed by atoms with E-state index in [-0.39, 0.29) is 0 Å². The van der Waals surface area contributed by atoms with Crippen LogP contribution in [0.25, 0.3) is 0 Å². The lowest BCUT2D eigenvalue weighted by Gasteiger charge is -2.02. The largest absolute Gasteiger partial charge is 0.377 e. The van der Waals surface area contributed by atoms with Crippen molar-refractivity contribution in [1.29, 1.82) is 0 Å². The van der Waals surface area contributed by atoms with Crippen LogP contribution >= 0.6 is 15.9 Å². The number of pyridine rings is 1. The van der Waals surface area contributed by atoms with E-state index in [4.69, 9.17) is 0 Å². The third kappa shape index (κ3) is 2.79. The van der Waals surface area contributed by atoms with E-state index in [2.05, 4.69) is 31.3 Å². The van der Waals surface area contributed by atoms with Gasteiger partial charge in [0, 0.05) is 13.2 Å². The van der Waals surface area contributed by atoms with Crippen molar-refractivity contribution in [3.8, 4) is 0 Å². The van der Waals surface area contributed by atoms with Gasteiger partial charge in [0.2, 0.25) is 0 Å². The molecule has 0 aliphatic carbocycles. The monoisotopic (exact) mass is 266 g/mol. The Kier molecular flexibility index (Phi) is 3.01. The van der Waals surface area contributed by atoms with Gasteiger partial charge in [0.05, 0.1) is 24.1 Å². The second-order valence-electron chi connectivity index (χ2n) is 3.21. The maximum absolute atomic E-state index is 4.32. The Morgan fingerprint density at radius 3 is 3.00 bits per heavy atom. The molecule has 0 bridgehead atoms. The van der Waals surface area contributed by atoms with E-state index in [1.54, 1.807) is 10.9 Å². The molecule has 2 rings (SSSR count). The molecule has 0 radical (unpaired) electrons. The second kappa shape index (κ2) is 4.44. The molecule has 1 N–H and O–H groups in total. The molecule has 2 aromatic rings. The quantitative estimate of drug-likeness (QED) is 0.867. The Morgan fingerprint density at radius 2 is 2.33 bits per heavy atom. The SMILES string of the molecule is Cn1cc(NCc2cccc(Br)n2)cn1. The van der Waals surface area contributed by atoms with Gasteiger partial charge in [-0.25, -0.2) is 4.98 Å². The van der Waals surface area contributed by atoms with Crippen LogP contribution in [0.3, 0.4) is 0 Å². The van der Waals surface area contributed by atoms with Gasteiger partial charge in [-0.15, -0.1) is 0 Å². The van der Waals surface area contributed by atoms with Crippen LogP contribution in [0.2, 0.25) is 0 Å². The van der Waals surface area contributed by atoms with Crippen LogP contribution in [0.15, 0.2) is 35.2 Å². The highest BCUT2D eigenvalue weighted by atomic mass is 79.9. The smallest absolute Gasteiger partial charge is 0.106 e. The summed E-state index contributed by atoms with van der Waals surface area (Å²) in [6.45, 7) is 0.700. The number of anilines is 1. The first-order valence-electron chi connectivity index (χ1n) is 4.58. The lowest BCUT2D eigenvalue weighted by Crippen LogP contribution is -2.00. The van der Waals surface area contributed by atoms with E-state index in [1.165, 1.54) is 0 Å².